The number of nitrogens with two attached hydrogens (primary N) is 1. The number of aryl methyl sites for hydroxylation is 1. The average molecular weight is 278 g/mol. The zero-order valence-corrected chi connectivity index (χ0v) is 10.7. The molecule has 0 amide bonds. The minimum atomic E-state index is -3.87. The predicted octanol–water partition coefficient (Wildman–Crippen LogP) is 0.0698. The Balaban J connectivity index is 2.41. The number of nitrogen functional groups attached to an aromatic ring is 1. The number of anilines is 2. The summed E-state index contributed by atoms with van der Waals surface area (Å²) in [4.78, 5) is 3.64. The Morgan fingerprint density at radius 1 is 1.47 bits per heavy atom. The fourth-order valence-electron chi connectivity index (χ4n) is 1.43. The molecule has 3 N–H and O–H groups in total. The van der Waals surface area contributed by atoms with Crippen LogP contribution in [0.15, 0.2) is 29.4 Å². The molecule has 0 radical (unpaired) electrons. The molecule has 0 atom stereocenters. The van der Waals surface area contributed by atoms with Gasteiger partial charge in [0.25, 0.3) is 10.0 Å². The maximum absolute atomic E-state index is 12.1. The number of sulfonamides is 1. The number of hydrogen-bond acceptors (Lipinski definition) is 6. The van der Waals surface area contributed by atoms with E-state index in [1.165, 1.54) is 29.2 Å². The number of nitriles is 1. The van der Waals surface area contributed by atoms with Crippen molar-refractivity contribution in [1.82, 2.24) is 14.8 Å². The topological polar surface area (TPSA) is 127 Å². The summed E-state index contributed by atoms with van der Waals surface area (Å²) in [6.07, 6.45) is 1.22. The van der Waals surface area contributed by atoms with Crippen molar-refractivity contribution in [1.29, 1.82) is 5.26 Å². The van der Waals surface area contributed by atoms with Crippen molar-refractivity contribution in [3.05, 3.63) is 30.1 Å². The first-order chi connectivity index (χ1) is 8.94. The van der Waals surface area contributed by atoms with Gasteiger partial charge in [-0.3, -0.25) is 0 Å². The highest BCUT2D eigenvalue weighted by atomic mass is 32.2. The highest BCUT2D eigenvalue weighted by molar-refractivity contribution is 7.92. The molecule has 1 aromatic heterocycles. The molecule has 9 heteroatoms. The summed E-state index contributed by atoms with van der Waals surface area (Å²) in [6, 6.07) is 5.82. The van der Waals surface area contributed by atoms with Gasteiger partial charge in [0.2, 0.25) is 5.95 Å². The van der Waals surface area contributed by atoms with Crippen molar-refractivity contribution >= 4 is 21.7 Å². The molecule has 0 aliphatic rings. The number of nitrogens with one attached hydrogen (secondary N) is 1. The van der Waals surface area contributed by atoms with Crippen LogP contribution in [0.3, 0.4) is 0 Å². The van der Waals surface area contributed by atoms with Crippen LogP contribution in [-0.2, 0) is 17.1 Å². The second-order valence-corrected chi connectivity index (χ2v) is 5.33. The third kappa shape index (κ3) is 2.48. The fraction of sp³-hybridized carbons (Fsp3) is 0.100. The van der Waals surface area contributed by atoms with E-state index >= 15 is 0 Å². The van der Waals surface area contributed by atoms with Crippen molar-refractivity contribution in [3.8, 4) is 6.07 Å². The number of nitrogens with zero attached hydrogens (tertiary/aromatic N) is 4. The van der Waals surface area contributed by atoms with E-state index in [0.29, 0.717) is 0 Å². The van der Waals surface area contributed by atoms with Crippen LogP contribution < -0.4 is 10.5 Å². The van der Waals surface area contributed by atoms with E-state index in [2.05, 4.69) is 14.8 Å². The van der Waals surface area contributed by atoms with Gasteiger partial charge in [-0.1, -0.05) is 0 Å². The van der Waals surface area contributed by atoms with Gasteiger partial charge in [0.15, 0.2) is 0 Å². The summed E-state index contributed by atoms with van der Waals surface area (Å²) >= 11 is 0. The Labute approximate surface area is 109 Å². The van der Waals surface area contributed by atoms with Gasteiger partial charge in [0, 0.05) is 7.05 Å². The van der Waals surface area contributed by atoms with Gasteiger partial charge >= 0.3 is 0 Å². The lowest BCUT2D eigenvalue weighted by molar-refractivity contribution is 0.600. The summed E-state index contributed by atoms with van der Waals surface area (Å²) in [6.45, 7) is 0. The summed E-state index contributed by atoms with van der Waals surface area (Å²) in [7, 11) is -2.32. The molecule has 0 aliphatic carbocycles. The normalized spacial score (nSPS) is 10.9. The standard InChI is InChI=1S/C10H10N6O2S/c1-16-10(13-6-14-16)15-19(17,18)9-3-2-7(5-11)4-8(9)12/h2-4,6H,12H2,1H3,(H,13,14,15). The predicted molar refractivity (Wildman–Crippen MR) is 67.4 cm³/mol. The SMILES string of the molecule is Cn1ncnc1NS(=O)(=O)c1ccc(C#N)cc1N. The molecule has 2 rings (SSSR count). The highest BCUT2D eigenvalue weighted by Crippen LogP contribution is 2.21. The molecule has 0 unspecified atom stereocenters. The molecule has 1 heterocycles. The van der Waals surface area contributed by atoms with E-state index in [4.69, 9.17) is 11.0 Å². The largest absolute Gasteiger partial charge is 0.398 e. The first kappa shape index (κ1) is 12.8. The van der Waals surface area contributed by atoms with Crippen molar-refractivity contribution in [2.24, 2.45) is 7.05 Å². The number of aromatic nitrogens is 3. The van der Waals surface area contributed by atoms with E-state index in [1.807, 2.05) is 6.07 Å². The first-order valence-corrected chi connectivity index (χ1v) is 6.59. The lowest BCUT2D eigenvalue weighted by Crippen LogP contribution is -2.17. The molecular weight excluding hydrogens is 268 g/mol. The molecular formula is C10H10N6O2S. The number of benzene rings is 1. The van der Waals surface area contributed by atoms with E-state index in [1.54, 1.807) is 7.05 Å². The number of hydrogen-bond donors (Lipinski definition) is 2. The van der Waals surface area contributed by atoms with Gasteiger partial charge < -0.3 is 5.73 Å². The summed E-state index contributed by atoms with van der Waals surface area (Å²) in [5, 5.41) is 12.5. The summed E-state index contributed by atoms with van der Waals surface area (Å²) in [5.41, 5.74) is 5.92. The van der Waals surface area contributed by atoms with Crippen molar-refractivity contribution < 1.29 is 8.42 Å². The minimum absolute atomic E-state index is 0.00582. The van der Waals surface area contributed by atoms with Crippen LogP contribution in [0, 0.1) is 11.3 Å². The number of rotatable bonds is 3. The van der Waals surface area contributed by atoms with Crippen molar-refractivity contribution in [2.75, 3.05) is 10.5 Å². The highest BCUT2D eigenvalue weighted by Gasteiger charge is 2.19. The van der Waals surface area contributed by atoms with Crippen LogP contribution in [0.2, 0.25) is 0 Å². The molecule has 0 fully saturated rings. The molecule has 8 nitrogen and oxygen atoms in total. The van der Waals surface area contributed by atoms with Crippen LogP contribution >= 0.6 is 0 Å². The van der Waals surface area contributed by atoms with E-state index < -0.39 is 10.0 Å². The van der Waals surface area contributed by atoms with Gasteiger partial charge in [0.05, 0.1) is 17.3 Å². The van der Waals surface area contributed by atoms with Gasteiger partial charge in [-0.25, -0.2) is 17.8 Å². The monoisotopic (exact) mass is 278 g/mol. The van der Waals surface area contributed by atoms with Crippen LogP contribution in [0.1, 0.15) is 5.56 Å². The third-order valence-corrected chi connectivity index (χ3v) is 3.77. The molecule has 1 aromatic carbocycles. The Kier molecular flexibility index (Phi) is 3.10. The molecule has 0 spiro atoms. The minimum Gasteiger partial charge on any atom is -0.398 e. The van der Waals surface area contributed by atoms with Crippen molar-refractivity contribution in [3.63, 3.8) is 0 Å². The van der Waals surface area contributed by atoms with Crippen LogP contribution in [-0.4, -0.2) is 23.2 Å². The second-order valence-electron chi connectivity index (χ2n) is 3.68. The average Bonchev–Trinajstić information content (AvgIpc) is 2.73. The lowest BCUT2D eigenvalue weighted by Gasteiger charge is -2.09. The van der Waals surface area contributed by atoms with Crippen LogP contribution in [0.5, 0.6) is 0 Å². The zero-order chi connectivity index (χ0) is 14.0. The maximum Gasteiger partial charge on any atom is 0.266 e. The Bertz CT molecular complexity index is 759. The van der Waals surface area contributed by atoms with Gasteiger partial charge in [-0.15, -0.1) is 0 Å². The summed E-state index contributed by atoms with van der Waals surface area (Å²) in [5.74, 6) is 0.0729. The maximum atomic E-state index is 12.1. The lowest BCUT2D eigenvalue weighted by atomic mass is 10.2. The van der Waals surface area contributed by atoms with Gasteiger partial charge in [-0.05, 0) is 18.2 Å². The quantitative estimate of drug-likeness (QED) is 0.765. The molecule has 0 aliphatic heterocycles. The Morgan fingerprint density at radius 3 is 2.74 bits per heavy atom. The molecule has 0 bridgehead atoms. The smallest absolute Gasteiger partial charge is 0.266 e. The molecule has 0 saturated heterocycles. The van der Waals surface area contributed by atoms with E-state index in [-0.39, 0.29) is 22.1 Å². The van der Waals surface area contributed by atoms with Gasteiger partial charge in [0.1, 0.15) is 11.2 Å². The van der Waals surface area contributed by atoms with Gasteiger partial charge in [-0.2, -0.15) is 15.3 Å². The second kappa shape index (κ2) is 4.58. The first-order valence-electron chi connectivity index (χ1n) is 5.10. The summed E-state index contributed by atoms with van der Waals surface area (Å²) < 4.78 is 27.8. The molecule has 19 heavy (non-hydrogen) atoms. The van der Waals surface area contributed by atoms with E-state index in [9.17, 15) is 8.42 Å². The Hall–Kier alpha value is -2.60. The van der Waals surface area contributed by atoms with Crippen LogP contribution in [0.25, 0.3) is 0 Å². The molecule has 98 valence electrons. The van der Waals surface area contributed by atoms with Crippen LogP contribution in [0.4, 0.5) is 11.6 Å². The molecule has 0 saturated carbocycles. The zero-order valence-electron chi connectivity index (χ0n) is 9.90. The van der Waals surface area contributed by atoms with Crippen molar-refractivity contribution in [2.45, 2.75) is 4.90 Å². The fourth-order valence-corrected chi connectivity index (χ4v) is 2.58. The Morgan fingerprint density at radius 2 is 2.21 bits per heavy atom. The molecule has 2 aromatic rings. The van der Waals surface area contributed by atoms with E-state index in [0.717, 1.165) is 0 Å². The third-order valence-electron chi connectivity index (χ3n) is 2.37.